The largest absolute Gasteiger partial charge is 0.320 e. The maximum absolute atomic E-state index is 12.8. The normalized spacial score (nSPS) is 11.2. The van der Waals surface area contributed by atoms with Crippen molar-refractivity contribution in [3.05, 3.63) is 84.3 Å². The molecule has 0 aliphatic carbocycles. The van der Waals surface area contributed by atoms with Crippen molar-refractivity contribution in [2.75, 3.05) is 5.32 Å². The maximum Gasteiger partial charge on any atom is 0.274 e. The van der Waals surface area contributed by atoms with Crippen molar-refractivity contribution in [2.45, 2.75) is 6.92 Å². The lowest BCUT2D eigenvalue weighted by Gasteiger charge is -2.10. The zero-order valence-corrected chi connectivity index (χ0v) is 15.9. The lowest BCUT2D eigenvalue weighted by atomic mass is 10.1. The van der Waals surface area contributed by atoms with E-state index < -0.39 is 0 Å². The molecule has 0 unspecified atom stereocenters. The Morgan fingerprint density at radius 3 is 2.82 bits per heavy atom. The molecular weight excluding hydrogens is 368 g/mol. The third-order valence-corrected chi connectivity index (χ3v) is 5.76. The van der Waals surface area contributed by atoms with Crippen molar-refractivity contribution in [3.63, 3.8) is 0 Å². The van der Waals surface area contributed by atoms with Crippen molar-refractivity contribution in [3.8, 4) is 10.6 Å². The number of amides is 1. The summed E-state index contributed by atoms with van der Waals surface area (Å²) in [5.74, 6) is -0.191. The van der Waals surface area contributed by atoms with Crippen molar-refractivity contribution < 1.29 is 4.79 Å². The number of carbonyl (C=O) groups excluding carboxylic acids is 1. The number of rotatable bonds is 3. The SMILES string of the molecule is Cc1ccc(-c2nc3ccccc3s2)cc1NC(=O)c1cnc2ccccn12. The molecule has 1 N–H and O–H groups in total. The second-order valence-electron chi connectivity index (χ2n) is 6.54. The highest BCUT2D eigenvalue weighted by atomic mass is 32.1. The first-order valence-electron chi connectivity index (χ1n) is 8.89. The van der Waals surface area contributed by atoms with Crippen LogP contribution in [0.15, 0.2) is 73.1 Å². The van der Waals surface area contributed by atoms with Gasteiger partial charge in [-0.05, 0) is 42.8 Å². The molecule has 0 radical (unpaired) electrons. The van der Waals surface area contributed by atoms with Crippen LogP contribution in [-0.4, -0.2) is 20.3 Å². The van der Waals surface area contributed by atoms with Crippen molar-refractivity contribution >= 4 is 38.8 Å². The average molecular weight is 384 g/mol. The molecule has 0 saturated carbocycles. The Balaban J connectivity index is 1.50. The molecule has 1 amide bonds. The van der Waals surface area contributed by atoms with Crippen molar-refractivity contribution in [1.82, 2.24) is 14.4 Å². The van der Waals surface area contributed by atoms with E-state index in [1.807, 2.05) is 67.7 Å². The van der Waals surface area contributed by atoms with Crippen LogP contribution in [0.2, 0.25) is 0 Å². The highest BCUT2D eigenvalue weighted by molar-refractivity contribution is 7.21. The number of aromatic nitrogens is 3. The first-order chi connectivity index (χ1) is 13.7. The summed E-state index contributed by atoms with van der Waals surface area (Å²) in [6, 6.07) is 19.8. The molecule has 136 valence electrons. The molecular formula is C22H16N4OS. The van der Waals surface area contributed by atoms with Crippen LogP contribution in [0.4, 0.5) is 5.69 Å². The third kappa shape index (κ3) is 2.84. The first-order valence-corrected chi connectivity index (χ1v) is 9.71. The second-order valence-corrected chi connectivity index (χ2v) is 7.57. The number of aryl methyl sites for hydroxylation is 1. The van der Waals surface area contributed by atoms with Crippen LogP contribution in [0.5, 0.6) is 0 Å². The Morgan fingerprint density at radius 2 is 1.93 bits per heavy atom. The van der Waals surface area contributed by atoms with E-state index in [9.17, 15) is 4.79 Å². The van der Waals surface area contributed by atoms with Gasteiger partial charge in [-0.25, -0.2) is 9.97 Å². The summed E-state index contributed by atoms with van der Waals surface area (Å²) in [4.78, 5) is 21.8. The quantitative estimate of drug-likeness (QED) is 0.467. The van der Waals surface area contributed by atoms with Gasteiger partial charge in [0.15, 0.2) is 0 Å². The van der Waals surface area contributed by atoms with Crippen molar-refractivity contribution in [2.24, 2.45) is 0 Å². The first kappa shape index (κ1) is 16.6. The van der Waals surface area contributed by atoms with Gasteiger partial charge in [0.25, 0.3) is 5.91 Å². The molecule has 6 heteroatoms. The third-order valence-electron chi connectivity index (χ3n) is 4.68. The Morgan fingerprint density at radius 1 is 1.07 bits per heavy atom. The van der Waals surface area contributed by atoms with Crippen LogP contribution in [0.25, 0.3) is 26.4 Å². The number of imidazole rings is 1. The predicted molar refractivity (Wildman–Crippen MR) is 113 cm³/mol. The van der Waals surface area contributed by atoms with Crippen LogP contribution in [0.3, 0.4) is 0 Å². The lowest BCUT2D eigenvalue weighted by Crippen LogP contribution is -2.15. The number of benzene rings is 2. The van der Waals surface area contributed by atoms with Crippen LogP contribution >= 0.6 is 11.3 Å². The molecule has 0 aliphatic rings. The molecule has 5 nitrogen and oxygen atoms in total. The summed E-state index contributed by atoms with van der Waals surface area (Å²) in [5, 5.41) is 3.96. The van der Waals surface area contributed by atoms with Crippen LogP contribution in [-0.2, 0) is 0 Å². The number of pyridine rings is 1. The highest BCUT2D eigenvalue weighted by Crippen LogP contribution is 2.32. The summed E-state index contributed by atoms with van der Waals surface area (Å²) >= 11 is 1.65. The maximum atomic E-state index is 12.8. The van der Waals surface area contributed by atoms with E-state index in [2.05, 4.69) is 16.4 Å². The molecule has 3 aromatic heterocycles. The minimum atomic E-state index is -0.191. The summed E-state index contributed by atoms with van der Waals surface area (Å²) < 4.78 is 2.93. The molecule has 3 heterocycles. The number of nitrogens with one attached hydrogen (secondary N) is 1. The number of thiazole rings is 1. The molecule has 0 saturated heterocycles. The van der Waals surface area contributed by atoms with Gasteiger partial charge in [0.05, 0.1) is 16.4 Å². The van der Waals surface area contributed by atoms with E-state index in [4.69, 9.17) is 4.98 Å². The molecule has 5 aromatic rings. The molecule has 0 aliphatic heterocycles. The Labute approximate surface area is 165 Å². The summed E-state index contributed by atoms with van der Waals surface area (Å²) in [7, 11) is 0. The van der Waals surface area contributed by atoms with Gasteiger partial charge in [0.1, 0.15) is 16.3 Å². The molecule has 28 heavy (non-hydrogen) atoms. The molecule has 0 atom stereocenters. The monoisotopic (exact) mass is 384 g/mol. The highest BCUT2D eigenvalue weighted by Gasteiger charge is 2.14. The smallest absolute Gasteiger partial charge is 0.274 e. The number of fused-ring (bicyclic) bond motifs is 2. The minimum absolute atomic E-state index is 0.191. The van der Waals surface area contributed by atoms with Gasteiger partial charge in [-0.1, -0.05) is 30.3 Å². The van der Waals surface area contributed by atoms with Gasteiger partial charge in [0, 0.05) is 17.4 Å². The summed E-state index contributed by atoms with van der Waals surface area (Å²) in [5.41, 5.74) is 4.98. The van der Waals surface area contributed by atoms with Gasteiger partial charge in [0.2, 0.25) is 0 Å². The summed E-state index contributed by atoms with van der Waals surface area (Å²) in [6.45, 7) is 1.98. The van der Waals surface area contributed by atoms with Crippen LogP contribution in [0.1, 0.15) is 16.1 Å². The fraction of sp³-hybridized carbons (Fsp3) is 0.0455. The number of carbonyl (C=O) groups is 1. The molecule has 2 aromatic carbocycles. The topological polar surface area (TPSA) is 59.3 Å². The molecule has 0 spiro atoms. The number of para-hydroxylation sites is 1. The van der Waals surface area contributed by atoms with Crippen LogP contribution in [0, 0.1) is 6.92 Å². The minimum Gasteiger partial charge on any atom is -0.320 e. The molecule has 0 fully saturated rings. The molecule has 0 bridgehead atoms. The van der Waals surface area contributed by atoms with E-state index in [0.29, 0.717) is 5.69 Å². The standard InChI is InChI=1S/C22H16N4OS/c1-14-9-10-15(22-25-16-6-2-3-7-19(16)28-22)12-17(14)24-21(27)18-13-23-20-8-4-5-11-26(18)20/h2-13H,1H3,(H,24,27). The van der Waals surface area contributed by atoms with E-state index in [1.54, 1.807) is 21.9 Å². The van der Waals surface area contributed by atoms with Gasteiger partial charge >= 0.3 is 0 Å². The van der Waals surface area contributed by atoms with E-state index in [1.165, 1.54) is 0 Å². The van der Waals surface area contributed by atoms with E-state index in [-0.39, 0.29) is 5.91 Å². The predicted octanol–water partition coefficient (Wildman–Crippen LogP) is 5.17. The number of hydrogen-bond acceptors (Lipinski definition) is 4. The zero-order valence-electron chi connectivity index (χ0n) is 15.1. The number of nitrogens with zero attached hydrogens (tertiary/aromatic N) is 3. The number of anilines is 1. The van der Waals surface area contributed by atoms with Crippen molar-refractivity contribution in [1.29, 1.82) is 0 Å². The average Bonchev–Trinajstić information content (AvgIpc) is 3.33. The fourth-order valence-corrected chi connectivity index (χ4v) is 4.13. The van der Waals surface area contributed by atoms with Gasteiger partial charge in [-0.2, -0.15) is 0 Å². The second kappa shape index (κ2) is 6.58. The van der Waals surface area contributed by atoms with Gasteiger partial charge < -0.3 is 5.32 Å². The van der Waals surface area contributed by atoms with E-state index >= 15 is 0 Å². The summed E-state index contributed by atoms with van der Waals surface area (Å²) in [6.07, 6.45) is 3.43. The van der Waals surface area contributed by atoms with E-state index in [0.717, 1.165) is 37.7 Å². The lowest BCUT2D eigenvalue weighted by molar-refractivity contribution is 0.102. The fourth-order valence-electron chi connectivity index (χ4n) is 3.17. The number of hydrogen-bond donors (Lipinski definition) is 1. The molecule has 5 rings (SSSR count). The van der Waals surface area contributed by atoms with Gasteiger partial charge in [-0.3, -0.25) is 9.20 Å². The zero-order chi connectivity index (χ0) is 19.1. The van der Waals surface area contributed by atoms with Crippen LogP contribution < -0.4 is 5.32 Å². The Bertz CT molecular complexity index is 1300. The van der Waals surface area contributed by atoms with Gasteiger partial charge in [-0.15, -0.1) is 11.3 Å². The Hall–Kier alpha value is -3.51. The Kier molecular flexibility index (Phi) is 3.91.